The maximum absolute atomic E-state index is 12.0. The van der Waals surface area contributed by atoms with E-state index in [-0.39, 0.29) is 5.91 Å². The number of pyridine rings is 1. The van der Waals surface area contributed by atoms with Crippen molar-refractivity contribution in [3.8, 4) is 0 Å². The molecule has 2 rings (SSSR count). The molecule has 104 valence electrons. The molecule has 4 nitrogen and oxygen atoms in total. The molecule has 0 atom stereocenters. The number of nitrogens with one attached hydrogen (secondary N) is 1. The highest BCUT2D eigenvalue weighted by Gasteiger charge is 2.09. The SMILES string of the molecule is Cc1cccnc1C(=O)NCc1ccc(CCN)cc1. The second kappa shape index (κ2) is 6.82. The third kappa shape index (κ3) is 3.65. The highest BCUT2D eigenvalue weighted by Crippen LogP contribution is 2.06. The van der Waals surface area contributed by atoms with Crippen molar-refractivity contribution in [1.29, 1.82) is 0 Å². The summed E-state index contributed by atoms with van der Waals surface area (Å²) in [6, 6.07) is 11.8. The van der Waals surface area contributed by atoms with Crippen LogP contribution in [0.1, 0.15) is 27.2 Å². The maximum Gasteiger partial charge on any atom is 0.270 e. The molecule has 0 unspecified atom stereocenters. The van der Waals surface area contributed by atoms with Gasteiger partial charge in [-0.05, 0) is 42.6 Å². The molecule has 0 aliphatic heterocycles. The second-order valence-corrected chi connectivity index (χ2v) is 4.71. The fourth-order valence-electron chi connectivity index (χ4n) is 1.98. The van der Waals surface area contributed by atoms with E-state index < -0.39 is 0 Å². The molecule has 0 aliphatic carbocycles. The van der Waals surface area contributed by atoms with Crippen LogP contribution in [0, 0.1) is 6.92 Å². The Morgan fingerprint density at radius 1 is 1.20 bits per heavy atom. The van der Waals surface area contributed by atoms with Crippen LogP contribution in [-0.2, 0) is 13.0 Å². The number of aromatic nitrogens is 1. The van der Waals surface area contributed by atoms with Crippen LogP contribution in [0.25, 0.3) is 0 Å². The van der Waals surface area contributed by atoms with Gasteiger partial charge >= 0.3 is 0 Å². The smallest absolute Gasteiger partial charge is 0.270 e. The minimum atomic E-state index is -0.144. The largest absolute Gasteiger partial charge is 0.347 e. The summed E-state index contributed by atoms with van der Waals surface area (Å²) in [4.78, 5) is 16.1. The first kappa shape index (κ1) is 14.2. The molecule has 0 fully saturated rings. The number of carbonyl (C=O) groups excluding carboxylic acids is 1. The van der Waals surface area contributed by atoms with Gasteiger partial charge < -0.3 is 11.1 Å². The third-order valence-electron chi connectivity index (χ3n) is 3.13. The van der Waals surface area contributed by atoms with Crippen LogP contribution in [0.2, 0.25) is 0 Å². The van der Waals surface area contributed by atoms with Crippen LogP contribution in [0.4, 0.5) is 0 Å². The number of hydrogen-bond donors (Lipinski definition) is 2. The number of rotatable bonds is 5. The van der Waals surface area contributed by atoms with Gasteiger partial charge in [-0.25, -0.2) is 0 Å². The van der Waals surface area contributed by atoms with Crippen LogP contribution in [-0.4, -0.2) is 17.4 Å². The van der Waals surface area contributed by atoms with Gasteiger partial charge in [-0.1, -0.05) is 30.3 Å². The first-order chi connectivity index (χ1) is 9.70. The Morgan fingerprint density at radius 3 is 2.55 bits per heavy atom. The number of carbonyl (C=O) groups is 1. The summed E-state index contributed by atoms with van der Waals surface area (Å²) in [7, 11) is 0. The van der Waals surface area contributed by atoms with Crippen molar-refractivity contribution in [2.75, 3.05) is 6.54 Å². The molecule has 0 saturated heterocycles. The van der Waals surface area contributed by atoms with Crippen LogP contribution < -0.4 is 11.1 Å². The fraction of sp³-hybridized carbons (Fsp3) is 0.250. The lowest BCUT2D eigenvalue weighted by molar-refractivity contribution is 0.0945. The van der Waals surface area contributed by atoms with E-state index in [1.165, 1.54) is 5.56 Å². The van der Waals surface area contributed by atoms with Crippen LogP contribution >= 0.6 is 0 Å². The Kier molecular flexibility index (Phi) is 4.85. The van der Waals surface area contributed by atoms with Gasteiger partial charge in [-0.3, -0.25) is 9.78 Å². The Morgan fingerprint density at radius 2 is 1.90 bits per heavy atom. The molecule has 0 aliphatic rings. The highest BCUT2D eigenvalue weighted by molar-refractivity contribution is 5.93. The second-order valence-electron chi connectivity index (χ2n) is 4.71. The van der Waals surface area contributed by atoms with Crippen molar-refractivity contribution >= 4 is 5.91 Å². The van der Waals surface area contributed by atoms with Crippen molar-refractivity contribution < 1.29 is 4.79 Å². The normalized spacial score (nSPS) is 10.3. The minimum Gasteiger partial charge on any atom is -0.347 e. The lowest BCUT2D eigenvalue weighted by Gasteiger charge is -2.07. The average Bonchev–Trinajstić information content (AvgIpc) is 2.47. The van der Waals surface area contributed by atoms with Gasteiger partial charge in [-0.2, -0.15) is 0 Å². The first-order valence-electron chi connectivity index (χ1n) is 6.68. The maximum atomic E-state index is 12.0. The molecule has 0 bridgehead atoms. The Hall–Kier alpha value is -2.20. The first-order valence-corrected chi connectivity index (χ1v) is 6.68. The monoisotopic (exact) mass is 269 g/mol. The van der Waals surface area contributed by atoms with Gasteiger partial charge in [0.1, 0.15) is 5.69 Å². The zero-order valence-corrected chi connectivity index (χ0v) is 11.6. The van der Waals surface area contributed by atoms with Gasteiger partial charge in [0, 0.05) is 12.7 Å². The molecule has 4 heteroatoms. The zero-order chi connectivity index (χ0) is 14.4. The number of aryl methyl sites for hydroxylation is 1. The van der Waals surface area contributed by atoms with Crippen molar-refractivity contribution in [2.45, 2.75) is 19.9 Å². The lowest BCUT2D eigenvalue weighted by Crippen LogP contribution is -2.24. The van der Waals surface area contributed by atoms with Gasteiger partial charge in [0.2, 0.25) is 0 Å². The van der Waals surface area contributed by atoms with Gasteiger partial charge in [-0.15, -0.1) is 0 Å². The minimum absolute atomic E-state index is 0.144. The zero-order valence-electron chi connectivity index (χ0n) is 11.6. The van der Waals surface area contributed by atoms with E-state index in [2.05, 4.69) is 10.3 Å². The molecule has 1 heterocycles. The van der Waals surface area contributed by atoms with Gasteiger partial charge in [0.25, 0.3) is 5.91 Å². The van der Waals surface area contributed by atoms with E-state index >= 15 is 0 Å². The van der Waals surface area contributed by atoms with Gasteiger partial charge in [0.05, 0.1) is 0 Å². The molecule has 20 heavy (non-hydrogen) atoms. The number of nitrogens with two attached hydrogens (primary N) is 1. The van der Waals surface area contributed by atoms with Crippen molar-refractivity contribution in [2.24, 2.45) is 5.73 Å². The van der Waals surface area contributed by atoms with Crippen LogP contribution in [0.3, 0.4) is 0 Å². The number of benzene rings is 1. The summed E-state index contributed by atoms with van der Waals surface area (Å²) >= 11 is 0. The molecular formula is C16H19N3O. The van der Waals surface area contributed by atoms with Crippen molar-refractivity contribution in [1.82, 2.24) is 10.3 Å². The summed E-state index contributed by atoms with van der Waals surface area (Å²) in [6.45, 7) is 3.02. The number of nitrogens with zero attached hydrogens (tertiary/aromatic N) is 1. The van der Waals surface area contributed by atoms with E-state index in [0.717, 1.165) is 17.5 Å². The van der Waals surface area contributed by atoms with E-state index in [0.29, 0.717) is 18.8 Å². The summed E-state index contributed by atoms with van der Waals surface area (Å²) in [5.74, 6) is -0.144. The number of hydrogen-bond acceptors (Lipinski definition) is 3. The molecule has 2 aromatic rings. The molecule has 1 amide bonds. The van der Waals surface area contributed by atoms with E-state index in [1.807, 2.05) is 43.3 Å². The van der Waals surface area contributed by atoms with E-state index in [4.69, 9.17) is 5.73 Å². The van der Waals surface area contributed by atoms with Crippen molar-refractivity contribution in [3.63, 3.8) is 0 Å². The standard InChI is InChI=1S/C16H19N3O/c1-12-3-2-10-18-15(12)16(20)19-11-14-6-4-13(5-7-14)8-9-17/h2-7,10H,8-9,11,17H2,1H3,(H,19,20). The van der Waals surface area contributed by atoms with E-state index in [9.17, 15) is 4.79 Å². The molecule has 0 spiro atoms. The number of amides is 1. The molecule has 3 N–H and O–H groups in total. The third-order valence-corrected chi connectivity index (χ3v) is 3.13. The highest BCUT2D eigenvalue weighted by atomic mass is 16.1. The predicted molar refractivity (Wildman–Crippen MR) is 79.3 cm³/mol. The lowest BCUT2D eigenvalue weighted by atomic mass is 10.1. The van der Waals surface area contributed by atoms with Crippen LogP contribution in [0.5, 0.6) is 0 Å². The molecular weight excluding hydrogens is 250 g/mol. The predicted octanol–water partition coefficient (Wildman–Crippen LogP) is 1.82. The molecule has 1 aromatic heterocycles. The summed E-state index contributed by atoms with van der Waals surface area (Å²) in [5, 5.41) is 2.88. The summed E-state index contributed by atoms with van der Waals surface area (Å²) in [5.41, 5.74) is 9.14. The van der Waals surface area contributed by atoms with Crippen molar-refractivity contribution in [3.05, 3.63) is 65.0 Å². The quantitative estimate of drug-likeness (QED) is 0.870. The fourth-order valence-corrected chi connectivity index (χ4v) is 1.98. The van der Waals surface area contributed by atoms with E-state index in [1.54, 1.807) is 6.20 Å². The van der Waals surface area contributed by atoms with Crippen LogP contribution in [0.15, 0.2) is 42.6 Å². The Bertz CT molecular complexity index is 579. The molecule has 1 aromatic carbocycles. The van der Waals surface area contributed by atoms with Gasteiger partial charge in [0.15, 0.2) is 0 Å². The molecule has 0 saturated carbocycles. The Labute approximate surface area is 119 Å². The average molecular weight is 269 g/mol. The summed E-state index contributed by atoms with van der Waals surface area (Å²) < 4.78 is 0. The topological polar surface area (TPSA) is 68.0 Å². The molecule has 0 radical (unpaired) electrons. The Balaban J connectivity index is 1.95. The summed E-state index contributed by atoms with van der Waals surface area (Å²) in [6.07, 6.45) is 2.50.